The highest BCUT2D eigenvalue weighted by molar-refractivity contribution is 5.98. The second-order valence-electron chi connectivity index (χ2n) is 16.0. The lowest BCUT2D eigenvalue weighted by molar-refractivity contribution is -0.130. The molecule has 1 saturated carbocycles. The van der Waals surface area contributed by atoms with E-state index in [0.717, 1.165) is 35.1 Å². The summed E-state index contributed by atoms with van der Waals surface area (Å²) in [6.45, 7) is 6.71. The maximum atomic E-state index is 13.8. The van der Waals surface area contributed by atoms with Crippen LogP contribution in [0.25, 0.3) is 22.5 Å². The molecule has 4 aromatic rings. The topological polar surface area (TPSA) is 221 Å². The number of tetrazole rings is 1. The van der Waals surface area contributed by atoms with Crippen LogP contribution >= 0.6 is 0 Å². The van der Waals surface area contributed by atoms with Crippen LogP contribution in [0, 0.1) is 11.8 Å². The summed E-state index contributed by atoms with van der Waals surface area (Å²) in [5, 5.41) is 35.0. The number of benzene rings is 3. The molecule has 1 aliphatic heterocycles. The first-order chi connectivity index (χ1) is 27.8. The Morgan fingerprint density at radius 1 is 0.845 bits per heavy atom. The van der Waals surface area contributed by atoms with E-state index in [-0.39, 0.29) is 42.0 Å². The summed E-state index contributed by atoms with van der Waals surface area (Å²) in [7, 11) is 0. The minimum atomic E-state index is -0.941. The number of nitrogens with one attached hydrogen (secondary N) is 5. The van der Waals surface area contributed by atoms with Gasteiger partial charge in [-0.2, -0.15) is 5.21 Å². The molecule has 2 fully saturated rings. The Morgan fingerprint density at radius 3 is 2.05 bits per heavy atom. The number of nitrogens with zero attached hydrogens (tertiary/aromatic N) is 4. The summed E-state index contributed by atoms with van der Waals surface area (Å²) in [5.41, 5.74) is 3.87. The number of carbonyl (C=O) groups is 5. The fraction of sp³-hybridized carbons (Fsp3) is 0.429. The third-order valence-electron chi connectivity index (χ3n) is 10.5. The Kier molecular flexibility index (Phi) is 13.4. The monoisotopic (exact) mass is 793 g/mol. The van der Waals surface area contributed by atoms with Crippen molar-refractivity contribution in [2.24, 2.45) is 11.8 Å². The highest BCUT2D eigenvalue weighted by atomic mass is 16.6. The van der Waals surface area contributed by atoms with E-state index in [9.17, 15) is 29.1 Å². The summed E-state index contributed by atoms with van der Waals surface area (Å²) in [5.74, 6) is -0.352. The molecule has 1 aromatic heterocycles. The zero-order valence-electron chi connectivity index (χ0n) is 33.0. The predicted molar refractivity (Wildman–Crippen MR) is 216 cm³/mol. The third-order valence-corrected chi connectivity index (χ3v) is 10.5. The van der Waals surface area contributed by atoms with E-state index in [1.165, 1.54) is 4.90 Å². The van der Waals surface area contributed by atoms with Gasteiger partial charge in [0.2, 0.25) is 17.6 Å². The lowest BCUT2D eigenvalue weighted by Gasteiger charge is -2.30. The number of hydrogen-bond acceptors (Lipinski definition) is 9. The average molecular weight is 794 g/mol. The van der Waals surface area contributed by atoms with Crippen LogP contribution in [-0.2, 0) is 20.7 Å². The zero-order chi connectivity index (χ0) is 41.2. The molecule has 0 spiro atoms. The van der Waals surface area contributed by atoms with Crippen LogP contribution in [0.3, 0.4) is 0 Å². The van der Waals surface area contributed by atoms with Gasteiger partial charge in [0.1, 0.15) is 11.6 Å². The molecule has 1 saturated heterocycles. The number of aromatic amines is 1. The van der Waals surface area contributed by atoms with Crippen LogP contribution in [0.2, 0.25) is 0 Å². The molecule has 6 rings (SSSR count). The van der Waals surface area contributed by atoms with Gasteiger partial charge in [-0.25, -0.2) is 9.59 Å². The quantitative estimate of drug-likeness (QED) is 0.107. The first-order valence-corrected chi connectivity index (χ1v) is 19.7. The van der Waals surface area contributed by atoms with Gasteiger partial charge in [0, 0.05) is 54.8 Å². The van der Waals surface area contributed by atoms with Crippen LogP contribution in [0.4, 0.5) is 15.3 Å². The molecule has 1 aliphatic carbocycles. The number of rotatable bonds is 12. The molecule has 3 aromatic carbocycles. The maximum absolute atomic E-state index is 13.8. The van der Waals surface area contributed by atoms with Gasteiger partial charge in [0.15, 0.2) is 0 Å². The van der Waals surface area contributed by atoms with Crippen molar-refractivity contribution < 1.29 is 33.8 Å². The highest BCUT2D eigenvalue weighted by Gasteiger charge is 2.31. The molecule has 2 aliphatic rings. The number of amides is 5. The van der Waals surface area contributed by atoms with E-state index >= 15 is 0 Å². The Labute approximate surface area is 336 Å². The van der Waals surface area contributed by atoms with Crippen LogP contribution < -0.4 is 21.3 Å². The second kappa shape index (κ2) is 18.7. The second-order valence-corrected chi connectivity index (χ2v) is 16.0. The lowest BCUT2D eigenvalue weighted by atomic mass is 9.81. The van der Waals surface area contributed by atoms with Crippen molar-refractivity contribution in [1.29, 1.82) is 0 Å². The van der Waals surface area contributed by atoms with Gasteiger partial charge in [-0.05, 0) is 124 Å². The van der Waals surface area contributed by atoms with Gasteiger partial charge < -0.3 is 36.0 Å². The van der Waals surface area contributed by atoms with Crippen molar-refractivity contribution in [2.45, 2.75) is 83.4 Å². The molecule has 5 amide bonds. The van der Waals surface area contributed by atoms with Gasteiger partial charge in [0.25, 0.3) is 5.91 Å². The minimum Gasteiger partial charge on any atom is -0.465 e. The fourth-order valence-corrected chi connectivity index (χ4v) is 7.25. The highest BCUT2D eigenvalue weighted by Crippen LogP contribution is 2.29. The molecule has 0 bridgehead atoms. The Bertz CT molecular complexity index is 2020. The molecule has 6 N–H and O–H groups in total. The number of likely N-dealkylation sites (tertiary alicyclic amines) is 1. The lowest BCUT2D eigenvalue weighted by Crippen LogP contribution is -2.48. The SMILES string of the molecule is CC(C)(C)OC(=O)NCC1CCC(C(=O)N[C@@H](Cc2ccc(-c3ccc(C(=O)NC4CCN(C(=O)O)CC4)cc3)cc2)C(=O)Nc2ccc(-c3nn[nH]n3)cc2)CC1. The Morgan fingerprint density at radius 2 is 1.47 bits per heavy atom. The normalized spacial score (nSPS) is 17.7. The third kappa shape index (κ3) is 11.6. The molecule has 2 heterocycles. The molecule has 0 unspecified atom stereocenters. The van der Waals surface area contributed by atoms with Crippen molar-refractivity contribution in [3.8, 4) is 22.5 Å². The van der Waals surface area contributed by atoms with Crippen LogP contribution in [0.1, 0.15) is 75.2 Å². The summed E-state index contributed by atoms with van der Waals surface area (Å²) in [6.07, 6.45) is 2.80. The van der Waals surface area contributed by atoms with E-state index in [4.69, 9.17) is 4.74 Å². The van der Waals surface area contributed by atoms with Crippen molar-refractivity contribution in [3.63, 3.8) is 0 Å². The summed E-state index contributed by atoms with van der Waals surface area (Å²) in [4.78, 5) is 65.1. The van der Waals surface area contributed by atoms with Gasteiger partial charge in [-0.1, -0.05) is 36.4 Å². The summed E-state index contributed by atoms with van der Waals surface area (Å²) < 4.78 is 5.35. The number of carboxylic acid groups (broad SMARTS) is 1. The smallest absolute Gasteiger partial charge is 0.407 e. The molecule has 16 nitrogen and oxygen atoms in total. The molecule has 0 radical (unpaired) electrons. The van der Waals surface area contributed by atoms with E-state index < -0.39 is 23.8 Å². The summed E-state index contributed by atoms with van der Waals surface area (Å²) in [6, 6.07) is 21.1. The molecule has 306 valence electrons. The number of anilines is 1. The minimum absolute atomic E-state index is 0.0795. The number of alkyl carbamates (subject to hydrolysis) is 1. The standard InChI is InChI=1S/C42H51N9O7/c1-42(2,3)58-40(55)43-25-27-6-10-31(11-7-27)38(53)46-35(39(54)45-33-18-16-30(17-19-33)36-47-49-50-48-36)24-26-4-8-28(9-5-26)29-12-14-32(15-13-29)37(52)44-34-20-22-51(23-21-34)41(56)57/h4-5,8-9,12-19,27,31,34-35H,6-7,10-11,20-25H2,1-3H3,(H,43,55)(H,44,52)(H,45,54)(H,46,53)(H,56,57)(H,47,48,49,50)/t27?,31?,35-/m0/s1. The number of ether oxygens (including phenoxy) is 1. The van der Waals surface area contributed by atoms with E-state index in [0.29, 0.717) is 62.4 Å². The largest absolute Gasteiger partial charge is 0.465 e. The van der Waals surface area contributed by atoms with Crippen molar-refractivity contribution >= 4 is 35.6 Å². The van der Waals surface area contributed by atoms with Gasteiger partial charge >= 0.3 is 12.2 Å². The van der Waals surface area contributed by atoms with Gasteiger partial charge in [-0.3, -0.25) is 14.4 Å². The van der Waals surface area contributed by atoms with Gasteiger partial charge in [0.05, 0.1) is 0 Å². The maximum Gasteiger partial charge on any atom is 0.407 e. The van der Waals surface area contributed by atoms with Crippen molar-refractivity contribution in [2.75, 3.05) is 25.0 Å². The molecular weight excluding hydrogens is 743 g/mol. The summed E-state index contributed by atoms with van der Waals surface area (Å²) >= 11 is 0. The number of H-pyrrole nitrogens is 1. The Balaban J connectivity index is 1.07. The number of hydrogen-bond donors (Lipinski definition) is 6. The van der Waals surface area contributed by atoms with Gasteiger partial charge in [-0.15, -0.1) is 10.2 Å². The van der Waals surface area contributed by atoms with Crippen molar-refractivity contribution in [1.82, 2.24) is 41.5 Å². The number of aromatic nitrogens is 4. The van der Waals surface area contributed by atoms with E-state index in [1.54, 1.807) is 36.4 Å². The number of carbonyl (C=O) groups excluding carboxylic acids is 4. The van der Waals surface area contributed by atoms with Crippen LogP contribution in [-0.4, -0.2) is 97.9 Å². The first-order valence-electron chi connectivity index (χ1n) is 19.7. The van der Waals surface area contributed by atoms with E-state index in [2.05, 4.69) is 41.9 Å². The average Bonchev–Trinajstić information content (AvgIpc) is 3.76. The van der Waals surface area contributed by atoms with Crippen LogP contribution in [0.15, 0.2) is 72.8 Å². The molecule has 58 heavy (non-hydrogen) atoms. The number of piperidine rings is 1. The zero-order valence-corrected chi connectivity index (χ0v) is 33.0. The van der Waals surface area contributed by atoms with Crippen LogP contribution in [0.5, 0.6) is 0 Å². The predicted octanol–water partition coefficient (Wildman–Crippen LogP) is 5.40. The molecule has 16 heteroatoms. The molecular formula is C42H51N9O7. The fourth-order valence-electron chi connectivity index (χ4n) is 7.25. The first kappa shape index (κ1) is 41.3. The Hall–Kier alpha value is -6.32. The van der Waals surface area contributed by atoms with E-state index in [1.807, 2.05) is 57.2 Å². The van der Waals surface area contributed by atoms with Crippen molar-refractivity contribution in [3.05, 3.63) is 83.9 Å². The molecule has 1 atom stereocenters.